The fourth-order valence-electron chi connectivity index (χ4n) is 3.77. The van der Waals surface area contributed by atoms with Gasteiger partial charge in [0.25, 0.3) is 5.91 Å². The molecule has 0 saturated carbocycles. The first-order valence-electron chi connectivity index (χ1n) is 10.4. The molecule has 0 spiro atoms. The smallest absolute Gasteiger partial charge is 0.256 e. The van der Waals surface area contributed by atoms with Crippen molar-refractivity contribution < 1.29 is 17.6 Å². The van der Waals surface area contributed by atoms with Crippen LogP contribution in [-0.4, -0.2) is 46.5 Å². The maximum atomic E-state index is 14.1. The summed E-state index contributed by atoms with van der Waals surface area (Å²) < 4.78 is 43.0. The second-order valence-electron chi connectivity index (χ2n) is 7.76. The Morgan fingerprint density at radius 2 is 1.85 bits per heavy atom. The van der Waals surface area contributed by atoms with Crippen LogP contribution in [0.3, 0.4) is 0 Å². The average molecular weight is 486 g/mol. The number of thiazole rings is 1. The lowest BCUT2D eigenvalue weighted by Crippen LogP contribution is -2.27. The number of aryl methyl sites for hydroxylation is 1. The van der Waals surface area contributed by atoms with Gasteiger partial charge < -0.3 is 5.32 Å². The van der Waals surface area contributed by atoms with E-state index in [1.807, 2.05) is 0 Å². The zero-order chi connectivity index (χ0) is 23.2. The zero-order valence-electron chi connectivity index (χ0n) is 17.7. The Morgan fingerprint density at radius 3 is 2.55 bits per heavy atom. The van der Waals surface area contributed by atoms with Crippen molar-refractivity contribution in [3.8, 4) is 5.13 Å². The molecule has 0 aliphatic carbocycles. The van der Waals surface area contributed by atoms with E-state index in [4.69, 9.17) is 0 Å². The van der Waals surface area contributed by atoms with Crippen LogP contribution in [0.25, 0.3) is 15.3 Å². The molecule has 5 rings (SSSR count). The number of halogens is 1. The fourth-order valence-corrected chi connectivity index (χ4v) is 6.24. The summed E-state index contributed by atoms with van der Waals surface area (Å²) in [6.07, 6.45) is 1.71. The standard InChI is InChI=1S/C22H20FN5O3S2/c1-14-13-19(28(26-14)22-25-20-17(23)5-4-6-18(20)32-22)24-21(29)15-7-9-16(10-8-15)33(30,31)27-11-2-3-12-27/h4-10,13H,2-3,11-12H2,1H3,(H,24,29). The predicted octanol–water partition coefficient (Wildman–Crippen LogP) is 3.97. The minimum atomic E-state index is -3.55. The molecule has 1 aliphatic heterocycles. The molecule has 1 amide bonds. The molecular weight excluding hydrogens is 465 g/mol. The molecule has 1 N–H and O–H groups in total. The van der Waals surface area contributed by atoms with Crippen LogP contribution in [0.4, 0.5) is 10.2 Å². The number of amides is 1. The number of rotatable bonds is 5. The molecule has 8 nitrogen and oxygen atoms in total. The lowest BCUT2D eigenvalue weighted by atomic mass is 10.2. The number of carbonyl (C=O) groups excluding carboxylic acids is 1. The van der Waals surface area contributed by atoms with Crippen LogP contribution in [-0.2, 0) is 10.0 Å². The number of anilines is 1. The highest BCUT2D eigenvalue weighted by atomic mass is 32.2. The molecule has 1 saturated heterocycles. The van der Waals surface area contributed by atoms with Gasteiger partial charge in [-0.2, -0.15) is 14.1 Å². The first-order chi connectivity index (χ1) is 15.8. The van der Waals surface area contributed by atoms with E-state index in [1.54, 1.807) is 25.1 Å². The van der Waals surface area contributed by atoms with Gasteiger partial charge >= 0.3 is 0 Å². The van der Waals surface area contributed by atoms with Crippen LogP contribution < -0.4 is 5.32 Å². The van der Waals surface area contributed by atoms with Crippen LogP contribution in [0.5, 0.6) is 0 Å². The molecular formula is C22H20FN5O3S2. The number of hydrogen-bond donors (Lipinski definition) is 1. The fraction of sp³-hybridized carbons (Fsp3) is 0.227. The summed E-state index contributed by atoms with van der Waals surface area (Å²) in [5, 5.41) is 7.60. The molecule has 2 aromatic heterocycles. The van der Waals surface area contributed by atoms with Gasteiger partial charge in [0.1, 0.15) is 17.2 Å². The third-order valence-corrected chi connectivity index (χ3v) is 8.34. The highest BCUT2D eigenvalue weighted by Crippen LogP contribution is 2.29. The SMILES string of the molecule is Cc1cc(NC(=O)c2ccc(S(=O)(=O)N3CCCC3)cc2)n(-c2nc3c(F)cccc3s2)n1. The van der Waals surface area contributed by atoms with Crippen LogP contribution in [0, 0.1) is 12.7 Å². The molecule has 11 heteroatoms. The molecule has 0 unspecified atom stereocenters. The summed E-state index contributed by atoms with van der Waals surface area (Å²) in [5.74, 6) is -0.465. The van der Waals surface area contributed by atoms with Gasteiger partial charge in [-0.15, -0.1) is 0 Å². The van der Waals surface area contributed by atoms with Gasteiger partial charge in [0.15, 0.2) is 0 Å². The Bertz CT molecular complexity index is 1460. The number of aromatic nitrogens is 3. The number of para-hydroxylation sites is 1. The summed E-state index contributed by atoms with van der Waals surface area (Å²) >= 11 is 1.26. The van der Waals surface area contributed by atoms with E-state index in [2.05, 4.69) is 15.4 Å². The Labute approximate surface area is 193 Å². The lowest BCUT2D eigenvalue weighted by Gasteiger charge is -2.15. The Balaban J connectivity index is 1.40. The van der Waals surface area contributed by atoms with Crippen molar-refractivity contribution in [2.24, 2.45) is 0 Å². The van der Waals surface area contributed by atoms with Crippen molar-refractivity contribution >= 4 is 43.3 Å². The highest BCUT2D eigenvalue weighted by molar-refractivity contribution is 7.89. The zero-order valence-corrected chi connectivity index (χ0v) is 19.3. The van der Waals surface area contributed by atoms with E-state index < -0.39 is 21.7 Å². The molecule has 170 valence electrons. The number of carbonyl (C=O) groups is 1. The van der Waals surface area contributed by atoms with Crippen molar-refractivity contribution in [3.63, 3.8) is 0 Å². The van der Waals surface area contributed by atoms with E-state index in [0.29, 0.717) is 40.0 Å². The van der Waals surface area contributed by atoms with Gasteiger partial charge in [0.2, 0.25) is 15.2 Å². The summed E-state index contributed by atoms with van der Waals surface area (Å²) in [7, 11) is -3.55. The number of nitrogens with zero attached hydrogens (tertiary/aromatic N) is 4. The molecule has 1 aliphatic rings. The van der Waals surface area contributed by atoms with E-state index in [0.717, 1.165) is 12.8 Å². The normalized spacial score (nSPS) is 14.7. The molecule has 3 heterocycles. The second kappa shape index (κ2) is 8.32. The third kappa shape index (κ3) is 4.03. The number of benzene rings is 2. The first-order valence-corrected chi connectivity index (χ1v) is 12.6. The minimum Gasteiger partial charge on any atom is -0.306 e. The molecule has 33 heavy (non-hydrogen) atoms. The van der Waals surface area contributed by atoms with Crippen LogP contribution in [0.2, 0.25) is 0 Å². The molecule has 0 atom stereocenters. The molecule has 1 fully saturated rings. The lowest BCUT2D eigenvalue weighted by molar-refractivity contribution is 0.102. The third-order valence-electron chi connectivity index (χ3n) is 5.43. The second-order valence-corrected chi connectivity index (χ2v) is 10.7. The number of sulfonamides is 1. The Morgan fingerprint density at radius 1 is 1.12 bits per heavy atom. The summed E-state index contributed by atoms with van der Waals surface area (Å²) in [4.78, 5) is 17.4. The number of nitrogens with one attached hydrogen (secondary N) is 1. The molecule has 2 aromatic carbocycles. The largest absolute Gasteiger partial charge is 0.306 e. The van der Waals surface area contributed by atoms with Gasteiger partial charge in [-0.1, -0.05) is 17.4 Å². The van der Waals surface area contributed by atoms with Gasteiger partial charge in [0.05, 0.1) is 15.3 Å². The van der Waals surface area contributed by atoms with Crippen LogP contribution >= 0.6 is 11.3 Å². The average Bonchev–Trinajstić information content (AvgIpc) is 3.54. The maximum Gasteiger partial charge on any atom is 0.256 e. The topological polar surface area (TPSA) is 97.2 Å². The van der Waals surface area contributed by atoms with E-state index in [-0.39, 0.29) is 10.4 Å². The Hall–Kier alpha value is -3.15. The minimum absolute atomic E-state index is 0.165. The summed E-state index contributed by atoms with van der Waals surface area (Å²) in [6.45, 7) is 2.81. The molecule has 0 radical (unpaired) electrons. The van der Waals surface area contributed by atoms with Crippen LogP contribution in [0.15, 0.2) is 53.4 Å². The van der Waals surface area contributed by atoms with Crippen molar-refractivity contribution in [1.29, 1.82) is 0 Å². The highest BCUT2D eigenvalue weighted by Gasteiger charge is 2.27. The van der Waals surface area contributed by atoms with Crippen molar-refractivity contribution in [3.05, 3.63) is 65.6 Å². The van der Waals surface area contributed by atoms with Crippen molar-refractivity contribution in [1.82, 2.24) is 19.1 Å². The van der Waals surface area contributed by atoms with Gasteiger partial charge in [-0.25, -0.2) is 17.8 Å². The van der Waals surface area contributed by atoms with Gasteiger partial charge in [-0.05, 0) is 56.2 Å². The van der Waals surface area contributed by atoms with Gasteiger partial charge in [-0.3, -0.25) is 4.79 Å². The molecule has 4 aromatic rings. The Kier molecular flexibility index (Phi) is 5.47. The van der Waals surface area contributed by atoms with Gasteiger partial charge in [0, 0.05) is 24.7 Å². The number of fused-ring (bicyclic) bond motifs is 1. The molecule has 0 bridgehead atoms. The van der Waals surface area contributed by atoms with E-state index in [1.165, 1.54) is 50.7 Å². The summed E-state index contributed by atoms with van der Waals surface area (Å²) in [6, 6.07) is 12.3. The van der Waals surface area contributed by atoms with Crippen molar-refractivity contribution in [2.75, 3.05) is 18.4 Å². The quantitative estimate of drug-likeness (QED) is 0.461. The van der Waals surface area contributed by atoms with Crippen LogP contribution in [0.1, 0.15) is 28.9 Å². The van der Waals surface area contributed by atoms with E-state index in [9.17, 15) is 17.6 Å². The first kappa shape index (κ1) is 21.7. The van der Waals surface area contributed by atoms with Crippen molar-refractivity contribution in [2.45, 2.75) is 24.7 Å². The summed E-state index contributed by atoms with van der Waals surface area (Å²) in [5.41, 5.74) is 1.20. The number of hydrogen-bond acceptors (Lipinski definition) is 6. The predicted molar refractivity (Wildman–Crippen MR) is 124 cm³/mol. The van der Waals surface area contributed by atoms with E-state index >= 15 is 0 Å². The monoisotopic (exact) mass is 485 g/mol. The maximum absolute atomic E-state index is 14.1.